The normalized spacial score (nSPS) is 26.2. The smallest absolute Gasteiger partial charge is 0.151 e. The molecule has 1 aliphatic heterocycles. The average Bonchev–Trinajstić information content (AvgIpc) is 2.22. The Bertz CT molecular complexity index is 76.9. The van der Waals surface area contributed by atoms with Crippen molar-refractivity contribution in [2.45, 2.75) is 0 Å². The van der Waals surface area contributed by atoms with Gasteiger partial charge >= 0.3 is 0 Å². The molecular formula is C2H6N3O+. The van der Waals surface area contributed by atoms with Crippen LogP contribution in [0.2, 0.25) is 0 Å². The number of nitrogens with zero attached hydrogens (tertiary/aromatic N) is 2. The van der Waals surface area contributed by atoms with Crippen LogP contribution in [-0.2, 0) is 0 Å². The molecule has 1 aliphatic rings. The summed E-state index contributed by atoms with van der Waals surface area (Å²) in [6.45, 7) is 1.42. The van der Waals surface area contributed by atoms with E-state index in [0.717, 1.165) is 0 Å². The lowest BCUT2D eigenvalue weighted by Crippen LogP contribution is -2.25. The quantitative estimate of drug-likeness (QED) is 0.201. The molecule has 1 rings (SSSR count). The zero-order valence-electron chi connectivity index (χ0n) is 3.29. The summed E-state index contributed by atoms with van der Waals surface area (Å²) in [6, 6.07) is 0. The van der Waals surface area contributed by atoms with Crippen molar-refractivity contribution < 1.29 is 4.70 Å². The van der Waals surface area contributed by atoms with E-state index in [1.54, 1.807) is 0 Å². The predicted molar refractivity (Wildman–Crippen MR) is 20.0 cm³/mol. The van der Waals surface area contributed by atoms with Gasteiger partial charge in [-0.15, -0.1) is 0 Å². The fraction of sp³-hybridized carbons (Fsp3) is 1.00. The van der Waals surface area contributed by atoms with Crippen LogP contribution in [0.3, 0.4) is 0 Å². The summed E-state index contributed by atoms with van der Waals surface area (Å²) in [6.07, 6.45) is 0. The Morgan fingerprint density at radius 1 is 1.67 bits per heavy atom. The Hall–Kier alpha value is -0.480. The average molecular weight is 88.1 g/mol. The van der Waals surface area contributed by atoms with Crippen molar-refractivity contribution in [3.05, 3.63) is 4.91 Å². The Labute approximate surface area is 35.0 Å². The van der Waals surface area contributed by atoms with Gasteiger partial charge in [-0.05, 0) is 0 Å². The molecule has 0 aromatic carbocycles. The van der Waals surface area contributed by atoms with Crippen LogP contribution in [0, 0.1) is 4.91 Å². The molecule has 6 heavy (non-hydrogen) atoms. The highest BCUT2D eigenvalue weighted by atomic mass is 16.3. The van der Waals surface area contributed by atoms with Crippen LogP contribution in [0.4, 0.5) is 0 Å². The molecule has 0 atom stereocenters. The summed E-state index contributed by atoms with van der Waals surface area (Å²) in [7, 11) is 0. The van der Waals surface area contributed by atoms with Crippen molar-refractivity contribution in [1.29, 1.82) is 0 Å². The summed E-state index contributed by atoms with van der Waals surface area (Å²) in [5.74, 6) is 5.10. The van der Waals surface area contributed by atoms with Gasteiger partial charge in [-0.2, -0.15) is 5.84 Å². The second-order valence-corrected chi connectivity index (χ2v) is 1.52. The van der Waals surface area contributed by atoms with Gasteiger partial charge in [-0.3, -0.25) is 0 Å². The minimum Gasteiger partial charge on any atom is -0.151 e. The first kappa shape index (κ1) is 3.70. The summed E-state index contributed by atoms with van der Waals surface area (Å²) >= 11 is 0. The first-order chi connectivity index (χ1) is 2.77. The maximum Gasteiger partial charge on any atom is 0.179 e. The first-order valence-electron chi connectivity index (χ1n) is 1.77. The maximum absolute atomic E-state index is 9.49. The van der Waals surface area contributed by atoms with E-state index < -0.39 is 0 Å². The van der Waals surface area contributed by atoms with Crippen LogP contribution < -0.4 is 5.84 Å². The molecular weight excluding hydrogens is 82.0 g/mol. The fourth-order valence-corrected chi connectivity index (χ4v) is 0.184. The van der Waals surface area contributed by atoms with Crippen molar-refractivity contribution >= 4 is 0 Å². The molecule has 1 heterocycles. The number of rotatable bonds is 1. The first-order valence-corrected chi connectivity index (χ1v) is 1.77. The lowest BCUT2D eigenvalue weighted by atomic mass is 11.0. The molecule has 0 spiro atoms. The Kier molecular flexibility index (Phi) is 0.476. The van der Waals surface area contributed by atoms with Gasteiger partial charge in [-0.25, -0.2) is 0 Å². The molecule has 0 aliphatic carbocycles. The van der Waals surface area contributed by atoms with Crippen molar-refractivity contribution in [1.82, 2.24) is 0 Å². The molecule has 0 unspecified atom stereocenters. The predicted octanol–water partition coefficient (Wildman–Crippen LogP) is -0.628. The third-order valence-corrected chi connectivity index (χ3v) is 0.844. The largest absolute Gasteiger partial charge is 0.179 e. The van der Waals surface area contributed by atoms with Crippen molar-refractivity contribution in [3.8, 4) is 0 Å². The van der Waals surface area contributed by atoms with Crippen LogP contribution in [0.5, 0.6) is 0 Å². The molecule has 0 radical (unpaired) electrons. The highest BCUT2D eigenvalue weighted by Gasteiger charge is 2.42. The molecule has 0 aromatic heterocycles. The van der Waals surface area contributed by atoms with Gasteiger partial charge in [0, 0.05) is 0 Å². The van der Waals surface area contributed by atoms with E-state index in [-0.39, 0.29) is 4.70 Å². The van der Waals surface area contributed by atoms with Crippen LogP contribution in [-0.4, -0.2) is 17.8 Å². The molecule has 34 valence electrons. The minimum atomic E-state index is -0.111. The summed E-state index contributed by atoms with van der Waals surface area (Å²) in [5.41, 5.74) is 0. The number of quaternary nitrogens is 1. The van der Waals surface area contributed by atoms with E-state index in [1.165, 1.54) is 0 Å². The molecule has 2 N–H and O–H groups in total. The number of hydrogen-bond donors (Lipinski definition) is 1. The summed E-state index contributed by atoms with van der Waals surface area (Å²) in [5, 5.41) is 2.60. The van der Waals surface area contributed by atoms with E-state index in [9.17, 15) is 4.91 Å². The monoisotopic (exact) mass is 88.1 g/mol. The second-order valence-electron chi connectivity index (χ2n) is 1.52. The van der Waals surface area contributed by atoms with Crippen LogP contribution in [0.25, 0.3) is 0 Å². The third-order valence-electron chi connectivity index (χ3n) is 0.844. The van der Waals surface area contributed by atoms with Gasteiger partial charge in [-0.1, -0.05) is 9.61 Å². The van der Waals surface area contributed by atoms with E-state index in [4.69, 9.17) is 5.84 Å². The summed E-state index contributed by atoms with van der Waals surface area (Å²) < 4.78 is -0.111. The van der Waals surface area contributed by atoms with Gasteiger partial charge in [0.2, 0.25) is 0 Å². The van der Waals surface area contributed by atoms with E-state index in [1.807, 2.05) is 0 Å². The van der Waals surface area contributed by atoms with Gasteiger partial charge in [0.15, 0.2) is 18.4 Å². The Morgan fingerprint density at radius 2 is 2.17 bits per heavy atom. The van der Waals surface area contributed by atoms with E-state index >= 15 is 0 Å². The van der Waals surface area contributed by atoms with E-state index in [0.29, 0.717) is 13.1 Å². The molecule has 1 saturated heterocycles. The lowest BCUT2D eigenvalue weighted by molar-refractivity contribution is -0.820. The maximum atomic E-state index is 9.49. The van der Waals surface area contributed by atoms with Gasteiger partial charge in [0.25, 0.3) is 0 Å². The third kappa shape index (κ3) is 0.395. The van der Waals surface area contributed by atoms with Crippen molar-refractivity contribution in [2.75, 3.05) is 13.1 Å². The SMILES string of the molecule is N[N+]1(N=O)CC1. The van der Waals surface area contributed by atoms with Crippen LogP contribution >= 0.6 is 0 Å². The number of nitroso groups, excluding NO2 is 1. The molecule has 1 fully saturated rings. The number of hydrogen-bond acceptors (Lipinski definition) is 3. The van der Waals surface area contributed by atoms with Crippen molar-refractivity contribution in [3.63, 3.8) is 0 Å². The zero-order chi connectivity index (χ0) is 4.62. The Balaban J connectivity index is 2.47. The van der Waals surface area contributed by atoms with E-state index in [2.05, 4.69) is 5.29 Å². The van der Waals surface area contributed by atoms with Crippen LogP contribution in [0.1, 0.15) is 0 Å². The summed E-state index contributed by atoms with van der Waals surface area (Å²) in [4.78, 5) is 9.49. The Morgan fingerprint density at radius 3 is 2.17 bits per heavy atom. The standard InChI is InChI=1S/C2H6N3O/c3-5(4-6)1-2-5/h1-3H2/q+1. The van der Waals surface area contributed by atoms with Gasteiger partial charge in [0.05, 0.1) is 0 Å². The fourth-order valence-electron chi connectivity index (χ4n) is 0.184. The second kappa shape index (κ2) is 0.772. The van der Waals surface area contributed by atoms with Gasteiger partial charge < -0.3 is 0 Å². The molecule has 4 heteroatoms. The molecule has 0 amide bonds. The highest BCUT2D eigenvalue weighted by Crippen LogP contribution is 2.11. The van der Waals surface area contributed by atoms with Crippen molar-refractivity contribution in [2.24, 2.45) is 11.1 Å². The lowest BCUT2D eigenvalue weighted by Gasteiger charge is -1.88. The molecule has 0 saturated carbocycles. The zero-order valence-corrected chi connectivity index (χ0v) is 3.29. The molecule has 4 nitrogen and oxygen atoms in total. The van der Waals surface area contributed by atoms with Crippen LogP contribution in [0.15, 0.2) is 5.29 Å². The topological polar surface area (TPSA) is 55.4 Å². The number of nitrogens with two attached hydrogens (primary N) is 1. The molecule has 0 aromatic rings. The molecule has 0 bridgehead atoms. The van der Waals surface area contributed by atoms with Gasteiger partial charge in [0.1, 0.15) is 0 Å². The highest BCUT2D eigenvalue weighted by molar-refractivity contribution is 4.42. The minimum absolute atomic E-state index is 0.111.